The molecule has 1 atom stereocenters. The van der Waals surface area contributed by atoms with Crippen molar-refractivity contribution in [2.45, 2.75) is 19.1 Å². The van der Waals surface area contributed by atoms with E-state index in [0.717, 1.165) is 18.8 Å². The van der Waals surface area contributed by atoms with Crippen molar-refractivity contribution >= 4 is 17.2 Å². The van der Waals surface area contributed by atoms with Crippen molar-refractivity contribution in [3.05, 3.63) is 16.6 Å². The fourth-order valence-corrected chi connectivity index (χ4v) is 2.78. The van der Waals surface area contributed by atoms with Gasteiger partial charge in [0.1, 0.15) is 0 Å². The zero-order valence-corrected chi connectivity index (χ0v) is 11.9. The third-order valence-corrected chi connectivity index (χ3v) is 3.72. The second-order valence-corrected chi connectivity index (χ2v) is 5.69. The van der Waals surface area contributed by atoms with Crippen molar-refractivity contribution in [1.29, 1.82) is 0 Å². The van der Waals surface area contributed by atoms with Crippen LogP contribution in [0.4, 0.5) is 0 Å². The molecule has 2 heterocycles. The molecule has 0 aliphatic carbocycles. The van der Waals surface area contributed by atoms with Crippen LogP contribution in [-0.4, -0.2) is 60.1 Å². The Balaban J connectivity index is 2.01. The van der Waals surface area contributed by atoms with E-state index in [9.17, 15) is 4.79 Å². The number of thiazole rings is 1. The van der Waals surface area contributed by atoms with Gasteiger partial charge in [-0.1, -0.05) is 0 Å². The van der Waals surface area contributed by atoms with Crippen molar-refractivity contribution in [3.8, 4) is 0 Å². The summed E-state index contributed by atoms with van der Waals surface area (Å²) in [5, 5.41) is 2.04. The summed E-state index contributed by atoms with van der Waals surface area (Å²) in [4.78, 5) is 20.2. The van der Waals surface area contributed by atoms with Crippen molar-refractivity contribution < 1.29 is 9.53 Å². The lowest BCUT2D eigenvalue weighted by atomic mass is 10.0. The van der Waals surface area contributed by atoms with E-state index in [-0.39, 0.29) is 5.91 Å². The van der Waals surface area contributed by atoms with Crippen LogP contribution in [0, 0.1) is 0 Å². The van der Waals surface area contributed by atoms with E-state index in [1.54, 1.807) is 30.3 Å². The molecule has 1 saturated heterocycles. The van der Waals surface area contributed by atoms with Crippen LogP contribution >= 0.6 is 11.3 Å². The second kappa shape index (κ2) is 5.34. The number of amides is 1. The summed E-state index contributed by atoms with van der Waals surface area (Å²) in [6.07, 6.45) is 0. The lowest BCUT2D eigenvalue weighted by Crippen LogP contribution is -2.57. The predicted octanol–water partition coefficient (Wildman–Crippen LogP) is 0.822. The lowest BCUT2D eigenvalue weighted by Gasteiger charge is -2.40. The summed E-state index contributed by atoms with van der Waals surface area (Å²) in [5.74, 6) is 0.0190. The van der Waals surface area contributed by atoms with Crippen LogP contribution in [0.5, 0.6) is 0 Å². The first kappa shape index (κ1) is 13.5. The van der Waals surface area contributed by atoms with Gasteiger partial charge < -0.3 is 9.64 Å². The van der Waals surface area contributed by atoms with Crippen molar-refractivity contribution in [2.75, 3.05) is 33.8 Å². The van der Waals surface area contributed by atoms with Gasteiger partial charge in [-0.15, -0.1) is 11.3 Å². The highest BCUT2D eigenvalue weighted by molar-refractivity contribution is 7.07. The topological polar surface area (TPSA) is 45.7 Å². The lowest BCUT2D eigenvalue weighted by molar-refractivity contribution is -0.165. The molecular formula is C12H19N3O2S. The minimum absolute atomic E-state index is 0.0190. The van der Waals surface area contributed by atoms with Gasteiger partial charge in [0.05, 0.1) is 17.8 Å². The fourth-order valence-electron chi connectivity index (χ4n) is 2.23. The Bertz CT molecular complexity index is 407. The quantitative estimate of drug-likeness (QED) is 0.815. The highest BCUT2D eigenvalue weighted by atomic mass is 32.1. The molecule has 1 aromatic rings. The zero-order chi connectivity index (χ0) is 13.2. The van der Waals surface area contributed by atoms with E-state index >= 15 is 0 Å². The fraction of sp³-hybridized carbons (Fsp3) is 0.667. The van der Waals surface area contributed by atoms with Gasteiger partial charge in [-0.2, -0.15) is 0 Å². The largest absolute Gasteiger partial charge is 0.363 e. The standard InChI is InChI=1S/C12H19N3O2S/c1-12(11(16)14(2)3)8-15(4-5-17-12)6-10-7-18-9-13-10/h7,9H,4-6,8H2,1-3H3. The molecule has 1 unspecified atom stereocenters. The van der Waals surface area contributed by atoms with Crippen LogP contribution < -0.4 is 0 Å². The molecule has 0 spiro atoms. The van der Waals surface area contributed by atoms with Crippen LogP contribution in [0.15, 0.2) is 10.9 Å². The average molecular weight is 269 g/mol. The minimum Gasteiger partial charge on any atom is -0.363 e. The molecule has 1 fully saturated rings. The van der Waals surface area contributed by atoms with Crippen LogP contribution in [0.3, 0.4) is 0 Å². The summed E-state index contributed by atoms with van der Waals surface area (Å²) in [6.45, 7) is 4.68. The Morgan fingerprint density at radius 3 is 3.06 bits per heavy atom. The molecule has 5 nitrogen and oxygen atoms in total. The van der Waals surface area contributed by atoms with Crippen LogP contribution in [0.25, 0.3) is 0 Å². The normalized spacial score (nSPS) is 25.1. The van der Waals surface area contributed by atoms with Crippen LogP contribution in [0.1, 0.15) is 12.6 Å². The molecule has 6 heteroatoms. The molecule has 2 rings (SSSR count). The number of aromatic nitrogens is 1. The third kappa shape index (κ3) is 2.88. The van der Waals surface area contributed by atoms with Gasteiger partial charge >= 0.3 is 0 Å². The highest BCUT2D eigenvalue weighted by Crippen LogP contribution is 2.21. The van der Waals surface area contributed by atoms with E-state index < -0.39 is 5.60 Å². The smallest absolute Gasteiger partial charge is 0.255 e. The van der Waals surface area contributed by atoms with Crippen LogP contribution in [-0.2, 0) is 16.1 Å². The van der Waals surface area contributed by atoms with E-state index in [1.807, 2.05) is 17.8 Å². The maximum absolute atomic E-state index is 12.1. The maximum atomic E-state index is 12.1. The van der Waals surface area contributed by atoms with Gasteiger partial charge in [0.15, 0.2) is 5.60 Å². The molecule has 1 amide bonds. The van der Waals surface area contributed by atoms with Crippen molar-refractivity contribution in [3.63, 3.8) is 0 Å². The SMILES string of the molecule is CN(C)C(=O)C1(C)CN(Cc2cscn2)CCO1. The number of likely N-dealkylation sites (N-methyl/N-ethyl adjacent to an activating group) is 1. The van der Waals surface area contributed by atoms with Crippen molar-refractivity contribution in [1.82, 2.24) is 14.8 Å². The molecule has 18 heavy (non-hydrogen) atoms. The molecule has 0 aromatic carbocycles. The van der Waals surface area contributed by atoms with Gasteiger partial charge in [0.25, 0.3) is 5.91 Å². The van der Waals surface area contributed by atoms with Gasteiger partial charge in [-0.05, 0) is 6.92 Å². The van der Waals surface area contributed by atoms with Gasteiger partial charge in [0.2, 0.25) is 0 Å². The Labute approximate surface area is 111 Å². The molecule has 1 aliphatic rings. The summed E-state index contributed by atoms with van der Waals surface area (Å²) in [5.41, 5.74) is 2.15. The molecule has 0 bridgehead atoms. The molecule has 0 N–H and O–H groups in total. The van der Waals surface area contributed by atoms with E-state index in [2.05, 4.69) is 9.88 Å². The van der Waals surface area contributed by atoms with E-state index in [0.29, 0.717) is 13.2 Å². The molecule has 1 aromatic heterocycles. The summed E-state index contributed by atoms with van der Waals surface area (Å²) < 4.78 is 5.69. The molecule has 1 aliphatic heterocycles. The molecule has 100 valence electrons. The monoisotopic (exact) mass is 269 g/mol. The highest BCUT2D eigenvalue weighted by Gasteiger charge is 2.40. The summed E-state index contributed by atoms with van der Waals surface area (Å²) in [7, 11) is 3.52. The van der Waals surface area contributed by atoms with E-state index in [1.165, 1.54) is 0 Å². The maximum Gasteiger partial charge on any atom is 0.255 e. The number of morpholine rings is 1. The molecule has 0 saturated carbocycles. The molecular weight excluding hydrogens is 250 g/mol. The first-order chi connectivity index (χ1) is 8.51. The number of hydrogen-bond acceptors (Lipinski definition) is 5. The Morgan fingerprint density at radius 2 is 2.44 bits per heavy atom. The summed E-state index contributed by atoms with van der Waals surface area (Å²) in [6, 6.07) is 0. The first-order valence-electron chi connectivity index (χ1n) is 5.96. The predicted molar refractivity (Wildman–Crippen MR) is 70.4 cm³/mol. The Kier molecular flexibility index (Phi) is 3.99. The average Bonchev–Trinajstić information content (AvgIpc) is 2.80. The van der Waals surface area contributed by atoms with Crippen LogP contribution in [0.2, 0.25) is 0 Å². The van der Waals surface area contributed by atoms with Crippen molar-refractivity contribution in [2.24, 2.45) is 0 Å². The summed E-state index contributed by atoms with van der Waals surface area (Å²) >= 11 is 1.60. The Hall–Kier alpha value is -0.980. The second-order valence-electron chi connectivity index (χ2n) is 4.97. The number of rotatable bonds is 3. The van der Waals surface area contributed by atoms with Gasteiger partial charge in [-0.3, -0.25) is 9.69 Å². The first-order valence-corrected chi connectivity index (χ1v) is 6.91. The minimum atomic E-state index is -0.738. The zero-order valence-electron chi connectivity index (χ0n) is 11.0. The molecule has 0 radical (unpaired) electrons. The number of carbonyl (C=O) groups is 1. The number of ether oxygens (including phenoxy) is 1. The Morgan fingerprint density at radius 1 is 1.67 bits per heavy atom. The third-order valence-electron chi connectivity index (χ3n) is 3.08. The number of carbonyl (C=O) groups excluding carboxylic acids is 1. The number of nitrogens with zero attached hydrogens (tertiary/aromatic N) is 3. The van der Waals surface area contributed by atoms with Gasteiger partial charge in [0, 0.05) is 39.1 Å². The van der Waals surface area contributed by atoms with E-state index in [4.69, 9.17) is 4.74 Å². The van der Waals surface area contributed by atoms with Gasteiger partial charge in [-0.25, -0.2) is 4.98 Å². The number of hydrogen-bond donors (Lipinski definition) is 0.